The summed E-state index contributed by atoms with van der Waals surface area (Å²) in [5.41, 5.74) is 3.13. The van der Waals surface area contributed by atoms with E-state index >= 15 is 0 Å². The zero-order chi connectivity index (χ0) is 13.8. The molecule has 19 heavy (non-hydrogen) atoms. The Labute approximate surface area is 115 Å². The number of methoxy groups -OCH3 is 1. The van der Waals surface area contributed by atoms with Gasteiger partial charge in [0.15, 0.2) is 0 Å². The van der Waals surface area contributed by atoms with Crippen molar-refractivity contribution in [3.05, 3.63) is 29.3 Å². The molecule has 3 heteroatoms. The van der Waals surface area contributed by atoms with Gasteiger partial charge in [-0.1, -0.05) is 0 Å². The molecule has 0 heterocycles. The Morgan fingerprint density at radius 3 is 2.74 bits per heavy atom. The zero-order valence-corrected chi connectivity index (χ0v) is 12.0. The van der Waals surface area contributed by atoms with Crippen LogP contribution in [0.1, 0.15) is 30.9 Å². The first-order valence-corrected chi connectivity index (χ1v) is 6.93. The molecule has 1 aromatic carbocycles. The molecule has 1 aliphatic carbocycles. The molecule has 0 spiro atoms. The lowest BCUT2D eigenvalue weighted by Crippen LogP contribution is -2.37. The van der Waals surface area contributed by atoms with Crippen LogP contribution in [0.5, 0.6) is 0 Å². The van der Waals surface area contributed by atoms with Crippen LogP contribution in [-0.4, -0.2) is 26.3 Å². The van der Waals surface area contributed by atoms with Crippen molar-refractivity contribution in [2.45, 2.75) is 32.7 Å². The summed E-state index contributed by atoms with van der Waals surface area (Å²) in [7, 11) is 1.74. The van der Waals surface area contributed by atoms with Gasteiger partial charge in [0.05, 0.1) is 18.2 Å². The first kappa shape index (κ1) is 13.9. The topological polar surface area (TPSA) is 36.3 Å². The molecule has 0 aromatic heterocycles. The summed E-state index contributed by atoms with van der Waals surface area (Å²) >= 11 is 0. The van der Waals surface area contributed by atoms with Crippen molar-refractivity contribution < 1.29 is 4.74 Å². The first-order valence-electron chi connectivity index (χ1n) is 6.93. The SMILES string of the molecule is COCCN(c1ccc(C#N)cc1C)C(C)C1CC1. The van der Waals surface area contributed by atoms with E-state index in [0.29, 0.717) is 6.04 Å². The van der Waals surface area contributed by atoms with E-state index in [1.807, 2.05) is 12.1 Å². The quantitative estimate of drug-likeness (QED) is 0.786. The number of hydrogen-bond acceptors (Lipinski definition) is 3. The number of nitrogens with zero attached hydrogens (tertiary/aromatic N) is 2. The summed E-state index contributed by atoms with van der Waals surface area (Å²) in [6, 6.07) is 8.68. The minimum atomic E-state index is 0.543. The molecular weight excluding hydrogens is 236 g/mol. The van der Waals surface area contributed by atoms with Gasteiger partial charge in [0.1, 0.15) is 0 Å². The molecule has 3 nitrogen and oxygen atoms in total. The van der Waals surface area contributed by atoms with Gasteiger partial charge < -0.3 is 9.64 Å². The number of nitriles is 1. The Hall–Kier alpha value is -1.53. The van der Waals surface area contributed by atoms with E-state index in [9.17, 15) is 0 Å². The number of anilines is 1. The van der Waals surface area contributed by atoms with Crippen LogP contribution in [0.4, 0.5) is 5.69 Å². The molecule has 1 aromatic rings. The van der Waals surface area contributed by atoms with Crippen LogP contribution in [0, 0.1) is 24.2 Å². The molecule has 1 fully saturated rings. The van der Waals surface area contributed by atoms with Crippen molar-refractivity contribution >= 4 is 5.69 Å². The monoisotopic (exact) mass is 258 g/mol. The number of rotatable bonds is 6. The van der Waals surface area contributed by atoms with Gasteiger partial charge in [0, 0.05) is 25.4 Å². The largest absolute Gasteiger partial charge is 0.383 e. The lowest BCUT2D eigenvalue weighted by atomic mass is 10.1. The molecular formula is C16H22N2O. The maximum absolute atomic E-state index is 8.96. The Morgan fingerprint density at radius 1 is 1.47 bits per heavy atom. The first-order chi connectivity index (χ1) is 9.17. The van der Waals surface area contributed by atoms with E-state index in [-0.39, 0.29) is 0 Å². The van der Waals surface area contributed by atoms with E-state index in [1.54, 1.807) is 7.11 Å². The molecule has 0 aliphatic heterocycles. The highest BCUT2D eigenvalue weighted by atomic mass is 16.5. The fourth-order valence-corrected chi connectivity index (χ4v) is 2.61. The van der Waals surface area contributed by atoms with Gasteiger partial charge in [-0.2, -0.15) is 5.26 Å². The molecule has 0 saturated heterocycles. The van der Waals surface area contributed by atoms with Gasteiger partial charge in [-0.3, -0.25) is 0 Å². The summed E-state index contributed by atoms with van der Waals surface area (Å²) in [4.78, 5) is 2.43. The van der Waals surface area contributed by atoms with Gasteiger partial charge in [0.25, 0.3) is 0 Å². The van der Waals surface area contributed by atoms with E-state index in [2.05, 4.69) is 30.9 Å². The minimum Gasteiger partial charge on any atom is -0.383 e. The lowest BCUT2D eigenvalue weighted by molar-refractivity contribution is 0.202. The van der Waals surface area contributed by atoms with Crippen molar-refractivity contribution in [2.24, 2.45) is 5.92 Å². The fourth-order valence-electron chi connectivity index (χ4n) is 2.61. The van der Waals surface area contributed by atoms with Crippen molar-refractivity contribution in [1.82, 2.24) is 0 Å². The summed E-state index contributed by atoms with van der Waals surface area (Å²) in [6.45, 7) is 6.01. The average Bonchev–Trinajstić information content (AvgIpc) is 3.24. The Bertz CT molecular complexity index is 474. The highest BCUT2D eigenvalue weighted by molar-refractivity contribution is 5.57. The minimum absolute atomic E-state index is 0.543. The second-order valence-electron chi connectivity index (χ2n) is 5.38. The van der Waals surface area contributed by atoms with Crippen molar-refractivity contribution in [1.29, 1.82) is 5.26 Å². The lowest BCUT2D eigenvalue weighted by Gasteiger charge is -2.32. The second-order valence-corrected chi connectivity index (χ2v) is 5.38. The third kappa shape index (κ3) is 3.27. The second kappa shape index (κ2) is 6.08. The molecule has 1 unspecified atom stereocenters. The van der Waals surface area contributed by atoms with Gasteiger partial charge in [0.2, 0.25) is 0 Å². The molecule has 0 bridgehead atoms. The molecule has 0 amide bonds. The van der Waals surface area contributed by atoms with Crippen LogP contribution < -0.4 is 4.90 Å². The standard InChI is InChI=1S/C16H22N2O/c1-12-10-14(11-17)4-7-16(12)18(8-9-19-3)13(2)15-5-6-15/h4,7,10,13,15H,5-6,8-9H2,1-3H3. The van der Waals surface area contributed by atoms with Gasteiger partial charge >= 0.3 is 0 Å². The number of benzene rings is 1. The molecule has 1 aliphatic rings. The summed E-state index contributed by atoms with van der Waals surface area (Å²) in [5.74, 6) is 0.812. The number of ether oxygens (including phenoxy) is 1. The van der Waals surface area contributed by atoms with Crippen molar-refractivity contribution in [3.8, 4) is 6.07 Å². The van der Waals surface area contributed by atoms with Crippen LogP contribution in [0.15, 0.2) is 18.2 Å². The Balaban J connectivity index is 2.23. The zero-order valence-electron chi connectivity index (χ0n) is 12.0. The molecule has 2 rings (SSSR count). The smallest absolute Gasteiger partial charge is 0.0991 e. The summed E-state index contributed by atoms with van der Waals surface area (Å²) in [6.07, 6.45) is 2.67. The fraction of sp³-hybridized carbons (Fsp3) is 0.562. The third-order valence-corrected chi connectivity index (χ3v) is 3.97. The van der Waals surface area contributed by atoms with E-state index < -0.39 is 0 Å². The Kier molecular flexibility index (Phi) is 4.44. The molecule has 1 atom stereocenters. The normalized spacial score (nSPS) is 15.9. The molecule has 1 saturated carbocycles. The van der Waals surface area contributed by atoms with E-state index in [0.717, 1.165) is 24.6 Å². The molecule has 0 radical (unpaired) electrons. The predicted molar refractivity (Wildman–Crippen MR) is 77.3 cm³/mol. The maximum Gasteiger partial charge on any atom is 0.0991 e. The van der Waals surface area contributed by atoms with Crippen LogP contribution in [0.25, 0.3) is 0 Å². The van der Waals surface area contributed by atoms with Gasteiger partial charge in [-0.25, -0.2) is 0 Å². The molecule has 102 valence electrons. The summed E-state index contributed by atoms with van der Waals surface area (Å²) in [5, 5.41) is 8.96. The number of hydrogen-bond donors (Lipinski definition) is 0. The van der Waals surface area contributed by atoms with Crippen LogP contribution in [0.2, 0.25) is 0 Å². The van der Waals surface area contributed by atoms with Crippen LogP contribution >= 0.6 is 0 Å². The average molecular weight is 258 g/mol. The van der Waals surface area contributed by atoms with E-state index in [4.69, 9.17) is 10.00 Å². The molecule has 0 N–H and O–H groups in total. The summed E-state index contributed by atoms with van der Waals surface area (Å²) < 4.78 is 5.23. The van der Waals surface area contributed by atoms with Crippen molar-refractivity contribution in [2.75, 3.05) is 25.2 Å². The Morgan fingerprint density at radius 2 is 2.21 bits per heavy atom. The van der Waals surface area contributed by atoms with Crippen LogP contribution in [0.3, 0.4) is 0 Å². The van der Waals surface area contributed by atoms with Crippen LogP contribution in [-0.2, 0) is 4.74 Å². The van der Waals surface area contributed by atoms with Gasteiger partial charge in [-0.05, 0) is 56.4 Å². The highest BCUT2D eigenvalue weighted by Gasteiger charge is 2.32. The highest BCUT2D eigenvalue weighted by Crippen LogP contribution is 2.37. The van der Waals surface area contributed by atoms with Gasteiger partial charge in [-0.15, -0.1) is 0 Å². The van der Waals surface area contributed by atoms with E-state index in [1.165, 1.54) is 24.1 Å². The number of aryl methyl sites for hydroxylation is 1. The third-order valence-electron chi connectivity index (χ3n) is 3.97. The predicted octanol–water partition coefficient (Wildman–Crippen LogP) is 3.12. The van der Waals surface area contributed by atoms with Crippen molar-refractivity contribution in [3.63, 3.8) is 0 Å². The maximum atomic E-state index is 8.96.